The van der Waals surface area contributed by atoms with Crippen LogP contribution in [0.2, 0.25) is 0 Å². The van der Waals surface area contributed by atoms with Crippen molar-refractivity contribution in [2.45, 2.75) is 19.6 Å². The molecule has 0 aliphatic heterocycles. The van der Waals surface area contributed by atoms with E-state index in [4.69, 9.17) is 11.1 Å². The molecule has 82 valence electrons. The van der Waals surface area contributed by atoms with Gasteiger partial charge in [0.15, 0.2) is 0 Å². The highest BCUT2D eigenvalue weighted by Crippen LogP contribution is 2.16. The summed E-state index contributed by atoms with van der Waals surface area (Å²) in [5.74, 6) is 2.73. The Labute approximate surface area is 95.0 Å². The second kappa shape index (κ2) is 5.75. The molecule has 0 saturated heterocycles. The second-order valence-corrected chi connectivity index (χ2v) is 4.86. The fourth-order valence-corrected chi connectivity index (χ4v) is 2.24. The van der Waals surface area contributed by atoms with Gasteiger partial charge in [0.2, 0.25) is 0 Å². The fraction of sp³-hybridized carbons (Fsp3) is 0.455. The molecule has 0 unspecified atom stereocenters. The van der Waals surface area contributed by atoms with Crippen LogP contribution >= 0.6 is 11.8 Å². The third-order valence-corrected chi connectivity index (χ3v) is 3.27. The summed E-state index contributed by atoms with van der Waals surface area (Å²) in [7, 11) is 0. The van der Waals surface area contributed by atoms with Crippen LogP contribution in [-0.4, -0.2) is 16.6 Å². The molecule has 4 heteroatoms. The molecular weight excluding hydrogens is 206 g/mol. The first-order chi connectivity index (χ1) is 7.11. The van der Waals surface area contributed by atoms with Crippen molar-refractivity contribution in [3.8, 4) is 0 Å². The van der Waals surface area contributed by atoms with Gasteiger partial charge >= 0.3 is 0 Å². The Kier molecular flexibility index (Phi) is 4.62. The maximum absolute atomic E-state index is 7.40. The SMILES string of the molecule is CC(C)CSCc1cccnc1C(=N)N. The third kappa shape index (κ3) is 3.91. The number of aromatic nitrogens is 1. The van der Waals surface area contributed by atoms with E-state index in [1.807, 2.05) is 23.9 Å². The summed E-state index contributed by atoms with van der Waals surface area (Å²) in [4.78, 5) is 4.11. The Morgan fingerprint density at radius 1 is 1.60 bits per heavy atom. The lowest BCUT2D eigenvalue weighted by Gasteiger charge is -2.07. The summed E-state index contributed by atoms with van der Waals surface area (Å²) in [6.45, 7) is 4.39. The van der Waals surface area contributed by atoms with Gasteiger partial charge in [-0.3, -0.25) is 10.4 Å². The van der Waals surface area contributed by atoms with Gasteiger partial charge in [-0.15, -0.1) is 0 Å². The largest absolute Gasteiger partial charge is 0.382 e. The van der Waals surface area contributed by atoms with Crippen LogP contribution < -0.4 is 5.73 Å². The van der Waals surface area contributed by atoms with E-state index in [-0.39, 0.29) is 5.84 Å². The quantitative estimate of drug-likeness (QED) is 0.594. The first-order valence-electron chi connectivity index (χ1n) is 4.97. The van der Waals surface area contributed by atoms with E-state index in [0.717, 1.165) is 17.1 Å². The number of thioether (sulfide) groups is 1. The van der Waals surface area contributed by atoms with E-state index in [1.165, 1.54) is 0 Å². The molecule has 0 aromatic carbocycles. The average Bonchev–Trinajstić information content (AvgIpc) is 2.17. The van der Waals surface area contributed by atoms with E-state index < -0.39 is 0 Å². The molecule has 0 amide bonds. The normalized spacial score (nSPS) is 10.6. The molecular formula is C11H17N3S. The Hall–Kier alpha value is -1.03. The minimum Gasteiger partial charge on any atom is -0.382 e. The van der Waals surface area contributed by atoms with Crippen LogP contribution in [-0.2, 0) is 5.75 Å². The van der Waals surface area contributed by atoms with E-state index in [0.29, 0.717) is 11.6 Å². The molecule has 0 bridgehead atoms. The second-order valence-electron chi connectivity index (χ2n) is 3.83. The van der Waals surface area contributed by atoms with Crippen molar-refractivity contribution in [2.24, 2.45) is 11.7 Å². The van der Waals surface area contributed by atoms with Crippen LogP contribution in [0.25, 0.3) is 0 Å². The summed E-state index contributed by atoms with van der Waals surface area (Å²) in [5, 5.41) is 7.40. The van der Waals surface area contributed by atoms with Crippen molar-refractivity contribution in [1.29, 1.82) is 5.41 Å². The van der Waals surface area contributed by atoms with Crippen LogP contribution in [0.3, 0.4) is 0 Å². The lowest BCUT2D eigenvalue weighted by atomic mass is 10.2. The van der Waals surface area contributed by atoms with E-state index in [9.17, 15) is 0 Å². The number of hydrogen-bond donors (Lipinski definition) is 2. The van der Waals surface area contributed by atoms with Crippen molar-refractivity contribution in [3.05, 3.63) is 29.6 Å². The zero-order valence-corrected chi connectivity index (χ0v) is 9.97. The van der Waals surface area contributed by atoms with Crippen molar-refractivity contribution < 1.29 is 0 Å². The number of nitrogen functional groups attached to an aromatic ring is 1. The summed E-state index contributed by atoms with van der Waals surface area (Å²) in [6, 6.07) is 3.87. The van der Waals surface area contributed by atoms with Crippen molar-refractivity contribution in [2.75, 3.05) is 5.75 Å². The van der Waals surface area contributed by atoms with Crippen LogP contribution in [0.15, 0.2) is 18.3 Å². The van der Waals surface area contributed by atoms with Gasteiger partial charge in [-0.25, -0.2) is 0 Å². The molecule has 1 aromatic heterocycles. The Morgan fingerprint density at radius 3 is 2.93 bits per heavy atom. The average molecular weight is 223 g/mol. The number of pyridine rings is 1. The molecule has 0 radical (unpaired) electrons. The third-order valence-electron chi connectivity index (χ3n) is 1.86. The van der Waals surface area contributed by atoms with Crippen LogP contribution in [0.4, 0.5) is 0 Å². The van der Waals surface area contributed by atoms with Crippen LogP contribution in [0, 0.1) is 11.3 Å². The molecule has 3 N–H and O–H groups in total. The highest BCUT2D eigenvalue weighted by Gasteiger charge is 2.06. The number of rotatable bonds is 5. The van der Waals surface area contributed by atoms with Crippen LogP contribution in [0.5, 0.6) is 0 Å². The molecule has 0 atom stereocenters. The first kappa shape index (κ1) is 12.0. The lowest BCUT2D eigenvalue weighted by Crippen LogP contribution is -2.15. The topological polar surface area (TPSA) is 62.8 Å². The summed E-state index contributed by atoms with van der Waals surface area (Å²) in [5.41, 5.74) is 7.13. The maximum atomic E-state index is 7.40. The van der Waals surface area contributed by atoms with Gasteiger partial charge in [0, 0.05) is 11.9 Å². The minimum atomic E-state index is 0.0516. The van der Waals surface area contributed by atoms with E-state index >= 15 is 0 Å². The van der Waals surface area contributed by atoms with Gasteiger partial charge in [-0.2, -0.15) is 11.8 Å². The highest BCUT2D eigenvalue weighted by molar-refractivity contribution is 7.98. The Balaban J connectivity index is 2.63. The molecule has 1 rings (SSSR count). The van der Waals surface area contributed by atoms with Gasteiger partial charge in [0.25, 0.3) is 0 Å². The van der Waals surface area contributed by atoms with Gasteiger partial charge in [-0.1, -0.05) is 19.9 Å². The maximum Gasteiger partial charge on any atom is 0.142 e. The van der Waals surface area contributed by atoms with Crippen molar-refractivity contribution >= 4 is 17.6 Å². The number of amidine groups is 1. The summed E-state index contributed by atoms with van der Waals surface area (Å²) < 4.78 is 0. The smallest absolute Gasteiger partial charge is 0.142 e. The monoisotopic (exact) mass is 223 g/mol. The van der Waals surface area contributed by atoms with Crippen molar-refractivity contribution in [3.63, 3.8) is 0 Å². The fourth-order valence-electron chi connectivity index (χ4n) is 1.20. The molecule has 1 heterocycles. The molecule has 0 spiro atoms. The highest BCUT2D eigenvalue weighted by atomic mass is 32.2. The van der Waals surface area contributed by atoms with Crippen molar-refractivity contribution in [1.82, 2.24) is 4.98 Å². The number of nitrogens with two attached hydrogens (primary N) is 1. The molecule has 0 fully saturated rings. The Bertz CT molecular complexity index is 336. The minimum absolute atomic E-state index is 0.0516. The van der Waals surface area contributed by atoms with E-state index in [2.05, 4.69) is 18.8 Å². The number of nitrogens with one attached hydrogen (secondary N) is 1. The van der Waals surface area contributed by atoms with Crippen LogP contribution in [0.1, 0.15) is 25.1 Å². The lowest BCUT2D eigenvalue weighted by molar-refractivity contribution is 0.750. The molecule has 0 aliphatic rings. The summed E-state index contributed by atoms with van der Waals surface area (Å²) in [6.07, 6.45) is 1.67. The summed E-state index contributed by atoms with van der Waals surface area (Å²) >= 11 is 1.85. The molecule has 0 aliphatic carbocycles. The molecule has 0 saturated carbocycles. The number of hydrogen-bond acceptors (Lipinski definition) is 3. The number of nitrogens with zero attached hydrogens (tertiary/aromatic N) is 1. The standard InChI is InChI=1S/C11H17N3S/c1-8(2)6-15-7-9-4-3-5-14-10(9)11(12)13/h3-5,8H,6-7H2,1-2H3,(H3,12,13). The van der Waals surface area contributed by atoms with Gasteiger partial charge in [0.05, 0.1) is 0 Å². The van der Waals surface area contributed by atoms with Gasteiger partial charge in [0.1, 0.15) is 11.5 Å². The zero-order chi connectivity index (χ0) is 11.3. The predicted octanol–water partition coefficient (Wildman–Crippen LogP) is 2.25. The first-order valence-corrected chi connectivity index (χ1v) is 6.12. The molecule has 15 heavy (non-hydrogen) atoms. The Morgan fingerprint density at radius 2 is 2.33 bits per heavy atom. The predicted molar refractivity (Wildman–Crippen MR) is 66.3 cm³/mol. The van der Waals surface area contributed by atoms with Gasteiger partial charge < -0.3 is 5.73 Å². The van der Waals surface area contributed by atoms with E-state index in [1.54, 1.807) is 6.20 Å². The zero-order valence-electron chi connectivity index (χ0n) is 9.16. The molecule has 1 aromatic rings. The van der Waals surface area contributed by atoms with Gasteiger partial charge in [-0.05, 0) is 23.3 Å². The molecule has 3 nitrogen and oxygen atoms in total.